The van der Waals surface area contributed by atoms with E-state index in [1.165, 1.54) is 11.6 Å². The summed E-state index contributed by atoms with van der Waals surface area (Å²) in [6, 6.07) is 12.1. The van der Waals surface area contributed by atoms with Gasteiger partial charge in [0, 0.05) is 10.7 Å². The Kier molecular flexibility index (Phi) is 5.14. The minimum Gasteiger partial charge on any atom is -0.456 e. The number of rotatable bonds is 5. The van der Waals surface area contributed by atoms with Gasteiger partial charge < -0.3 is 4.74 Å². The van der Waals surface area contributed by atoms with Crippen molar-refractivity contribution in [3.05, 3.63) is 53.6 Å². The van der Waals surface area contributed by atoms with Gasteiger partial charge in [-0.1, -0.05) is 32.0 Å². The molecule has 22 heavy (non-hydrogen) atoms. The molecule has 0 aliphatic carbocycles. The molecule has 2 aromatic rings. The topological polar surface area (TPSA) is 43.4 Å². The van der Waals surface area contributed by atoms with Crippen LogP contribution >= 0.6 is 10.7 Å². The Morgan fingerprint density at radius 1 is 1.18 bits per heavy atom. The predicted octanol–water partition coefficient (Wildman–Crippen LogP) is 5.23. The third-order valence-electron chi connectivity index (χ3n) is 3.72. The highest BCUT2D eigenvalue weighted by atomic mass is 35.7. The van der Waals surface area contributed by atoms with Crippen molar-refractivity contribution in [2.45, 2.75) is 38.0 Å². The number of halogens is 1. The molecule has 0 aromatic heterocycles. The summed E-state index contributed by atoms with van der Waals surface area (Å²) in [5.41, 5.74) is 2.39. The van der Waals surface area contributed by atoms with E-state index in [1.807, 2.05) is 25.1 Å². The van der Waals surface area contributed by atoms with Crippen molar-refractivity contribution in [3.63, 3.8) is 0 Å². The van der Waals surface area contributed by atoms with Gasteiger partial charge in [-0.05, 0) is 54.7 Å². The molecule has 0 radical (unpaired) electrons. The van der Waals surface area contributed by atoms with Crippen molar-refractivity contribution in [1.82, 2.24) is 0 Å². The summed E-state index contributed by atoms with van der Waals surface area (Å²) >= 11 is 0. The highest BCUT2D eigenvalue weighted by Gasteiger charge is 2.17. The summed E-state index contributed by atoms with van der Waals surface area (Å²) in [7, 11) is 1.60. The van der Waals surface area contributed by atoms with E-state index in [0.717, 1.165) is 12.0 Å². The average molecular weight is 339 g/mol. The quantitative estimate of drug-likeness (QED) is 0.701. The van der Waals surface area contributed by atoms with Crippen LogP contribution in [0.4, 0.5) is 0 Å². The normalized spacial score (nSPS) is 12.9. The zero-order valence-corrected chi connectivity index (χ0v) is 14.4. The number of hydrogen-bond acceptors (Lipinski definition) is 3. The smallest absolute Gasteiger partial charge is 0.265 e. The molecular formula is C17H19ClO3S. The van der Waals surface area contributed by atoms with Gasteiger partial charge in [0.1, 0.15) is 16.4 Å². The minimum atomic E-state index is -3.84. The first-order valence-electron chi connectivity index (χ1n) is 7.15. The summed E-state index contributed by atoms with van der Waals surface area (Å²) in [5.74, 6) is 1.30. The monoisotopic (exact) mass is 338 g/mol. The molecule has 0 amide bonds. The van der Waals surface area contributed by atoms with Crippen molar-refractivity contribution < 1.29 is 13.2 Å². The van der Waals surface area contributed by atoms with Crippen LogP contribution in [0.3, 0.4) is 0 Å². The van der Waals surface area contributed by atoms with E-state index in [1.54, 1.807) is 18.2 Å². The van der Waals surface area contributed by atoms with Gasteiger partial charge in [0.2, 0.25) is 0 Å². The number of benzene rings is 2. The molecule has 0 saturated heterocycles. The standard InChI is InChI=1S/C17H19ClO3S/c1-4-12(2)15-10-9-14(11-13(15)3)21-16-7-5-6-8-17(16)22(18,19)20/h5-12H,4H2,1-3H3. The summed E-state index contributed by atoms with van der Waals surface area (Å²) in [5, 5.41) is 0. The van der Waals surface area contributed by atoms with E-state index in [4.69, 9.17) is 15.4 Å². The molecule has 0 N–H and O–H groups in total. The maximum absolute atomic E-state index is 11.6. The first-order chi connectivity index (χ1) is 10.3. The van der Waals surface area contributed by atoms with Gasteiger partial charge in [-0.15, -0.1) is 0 Å². The van der Waals surface area contributed by atoms with E-state index in [2.05, 4.69) is 13.8 Å². The molecule has 0 saturated carbocycles. The number of aryl methyl sites for hydroxylation is 1. The lowest BCUT2D eigenvalue weighted by atomic mass is 9.94. The van der Waals surface area contributed by atoms with Crippen LogP contribution in [0, 0.1) is 6.92 Å². The van der Waals surface area contributed by atoms with Crippen molar-refractivity contribution in [1.29, 1.82) is 0 Å². The third kappa shape index (κ3) is 3.81. The Bertz CT molecular complexity index is 769. The molecule has 0 aliphatic heterocycles. The largest absolute Gasteiger partial charge is 0.456 e. The third-order valence-corrected chi connectivity index (χ3v) is 5.09. The number of ether oxygens (including phenoxy) is 1. The van der Waals surface area contributed by atoms with Crippen LogP contribution in [0.1, 0.15) is 37.3 Å². The summed E-state index contributed by atoms with van der Waals surface area (Å²) in [6.07, 6.45) is 1.06. The maximum atomic E-state index is 11.6. The van der Waals surface area contributed by atoms with Crippen LogP contribution < -0.4 is 4.74 Å². The predicted molar refractivity (Wildman–Crippen MR) is 89.4 cm³/mol. The molecule has 118 valence electrons. The zero-order chi connectivity index (χ0) is 16.3. The van der Waals surface area contributed by atoms with Gasteiger partial charge in [-0.3, -0.25) is 0 Å². The Labute approximate surface area is 136 Å². The van der Waals surface area contributed by atoms with Crippen LogP contribution in [0.15, 0.2) is 47.4 Å². The second-order valence-electron chi connectivity index (χ2n) is 5.31. The lowest BCUT2D eigenvalue weighted by Gasteiger charge is -2.15. The van der Waals surface area contributed by atoms with Crippen LogP contribution in [-0.4, -0.2) is 8.42 Å². The number of para-hydroxylation sites is 1. The van der Waals surface area contributed by atoms with Crippen molar-refractivity contribution in [3.8, 4) is 11.5 Å². The van der Waals surface area contributed by atoms with Gasteiger partial charge in [-0.25, -0.2) is 8.42 Å². The fraction of sp³-hybridized carbons (Fsp3) is 0.294. The van der Waals surface area contributed by atoms with Crippen LogP contribution in [0.2, 0.25) is 0 Å². The fourth-order valence-electron chi connectivity index (χ4n) is 2.35. The Balaban J connectivity index is 2.35. The molecule has 0 bridgehead atoms. The highest BCUT2D eigenvalue weighted by molar-refractivity contribution is 8.13. The molecule has 0 heterocycles. The van der Waals surface area contributed by atoms with Gasteiger partial charge in [-0.2, -0.15) is 0 Å². The molecule has 1 unspecified atom stereocenters. The lowest BCUT2D eigenvalue weighted by molar-refractivity contribution is 0.467. The Hall–Kier alpha value is -1.52. The molecule has 3 nitrogen and oxygen atoms in total. The van der Waals surface area contributed by atoms with E-state index in [9.17, 15) is 8.42 Å². The van der Waals surface area contributed by atoms with Gasteiger partial charge >= 0.3 is 0 Å². The highest BCUT2D eigenvalue weighted by Crippen LogP contribution is 2.32. The van der Waals surface area contributed by atoms with Gasteiger partial charge in [0.05, 0.1) is 0 Å². The summed E-state index contributed by atoms with van der Waals surface area (Å²) in [6.45, 7) is 6.35. The molecule has 2 aromatic carbocycles. The Morgan fingerprint density at radius 3 is 2.45 bits per heavy atom. The van der Waals surface area contributed by atoms with Crippen LogP contribution in [0.25, 0.3) is 0 Å². The summed E-state index contributed by atoms with van der Waals surface area (Å²) < 4.78 is 28.9. The molecule has 5 heteroatoms. The first-order valence-corrected chi connectivity index (χ1v) is 9.46. The summed E-state index contributed by atoms with van der Waals surface area (Å²) in [4.78, 5) is -0.0275. The van der Waals surface area contributed by atoms with E-state index >= 15 is 0 Å². The molecule has 0 aliphatic rings. The number of hydrogen-bond donors (Lipinski definition) is 0. The fourth-order valence-corrected chi connectivity index (χ4v) is 3.32. The molecular weight excluding hydrogens is 320 g/mol. The average Bonchev–Trinajstić information content (AvgIpc) is 2.46. The van der Waals surface area contributed by atoms with Crippen molar-refractivity contribution in [2.75, 3.05) is 0 Å². The van der Waals surface area contributed by atoms with E-state index < -0.39 is 9.05 Å². The first kappa shape index (κ1) is 16.8. The molecule has 2 rings (SSSR count). The van der Waals surface area contributed by atoms with Crippen LogP contribution in [-0.2, 0) is 9.05 Å². The van der Waals surface area contributed by atoms with E-state index in [-0.39, 0.29) is 10.6 Å². The zero-order valence-electron chi connectivity index (χ0n) is 12.8. The SMILES string of the molecule is CCC(C)c1ccc(Oc2ccccc2S(=O)(=O)Cl)cc1C. The second kappa shape index (κ2) is 6.71. The Morgan fingerprint density at radius 2 is 1.86 bits per heavy atom. The molecule has 0 fully saturated rings. The maximum Gasteiger partial charge on any atom is 0.265 e. The molecule has 0 spiro atoms. The second-order valence-corrected chi connectivity index (χ2v) is 7.85. The van der Waals surface area contributed by atoms with Gasteiger partial charge in [0.25, 0.3) is 9.05 Å². The molecule has 1 atom stereocenters. The van der Waals surface area contributed by atoms with Crippen LogP contribution in [0.5, 0.6) is 11.5 Å². The minimum absolute atomic E-state index is 0.0275. The van der Waals surface area contributed by atoms with Crippen molar-refractivity contribution >= 4 is 19.7 Å². The van der Waals surface area contributed by atoms with Crippen molar-refractivity contribution in [2.24, 2.45) is 0 Å². The van der Waals surface area contributed by atoms with Gasteiger partial charge in [0.15, 0.2) is 0 Å². The lowest BCUT2D eigenvalue weighted by Crippen LogP contribution is -1.98. The van der Waals surface area contributed by atoms with E-state index in [0.29, 0.717) is 11.7 Å².